The molecule has 0 radical (unpaired) electrons. The molecule has 0 amide bonds. The predicted molar refractivity (Wildman–Crippen MR) is 74.8 cm³/mol. The van der Waals surface area contributed by atoms with Crippen LogP contribution < -0.4 is 10.2 Å². The second-order valence-electron chi connectivity index (χ2n) is 4.82. The molecule has 0 aliphatic rings. The molecule has 0 aromatic carbocycles. The van der Waals surface area contributed by atoms with Crippen LogP contribution in [0, 0.1) is 0 Å². The lowest BCUT2D eigenvalue weighted by molar-refractivity contribution is 0.282. The first kappa shape index (κ1) is 15.0. The van der Waals surface area contributed by atoms with Crippen molar-refractivity contribution >= 4 is 5.95 Å². The van der Waals surface area contributed by atoms with E-state index in [-0.39, 0.29) is 0 Å². The lowest BCUT2D eigenvalue weighted by atomic mass is 10.2. The predicted octanol–water partition coefficient (Wildman–Crippen LogP) is 1.13. The van der Waals surface area contributed by atoms with E-state index in [9.17, 15) is 0 Å². The molecule has 0 aliphatic carbocycles. The molecule has 0 saturated carbocycles. The Balaban J connectivity index is 2.19. The van der Waals surface area contributed by atoms with E-state index in [0.717, 1.165) is 31.9 Å². The van der Waals surface area contributed by atoms with Crippen molar-refractivity contribution in [1.82, 2.24) is 14.9 Å². The van der Waals surface area contributed by atoms with Crippen LogP contribution >= 0.6 is 0 Å². The van der Waals surface area contributed by atoms with E-state index in [4.69, 9.17) is 5.11 Å². The number of imidazole rings is 1. The Morgan fingerprint density at radius 2 is 2.00 bits per heavy atom. The van der Waals surface area contributed by atoms with Gasteiger partial charge in [-0.15, -0.1) is 0 Å². The average Bonchev–Trinajstić information content (AvgIpc) is 2.70. The number of aliphatic hydroxyl groups is 1. The second-order valence-corrected chi connectivity index (χ2v) is 4.82. The van der Waals surface area contributed by atoms with Gasteiger partial charge in [0, 0.05) is 34.3 Å². The summed E-state index contributed by atoms with van der Waals surface area (Å²) in [5, 5.41) is 12.1. The van der Waals surface area contributed by atoms with Gasteiger partial charge in [0.1, 0.15) is 0 Å². The molecular formula is C13H26N4O. The maximum absolute atomic E-state index is 8.67. The maximum Gasteiger partial charge on any atom is 0.204 e. The van der Waals surface area contributed by atoms with Crippen LogP contribution in [0.5, 0.6) is 0 Å². The van der Waals surface area contributed by atoms with Gasteiger partial charge in [-0.1, -0.05) is 12.8 Å². The Kier molecular flexibility index (Phi) is 6.75. The number of nitrogens with one attached hydrogen (secondary N) is 1. The van der Waals surface area contributed by atoms with E-state index >= 15 is 0 Å². The maximum atomic E-state index is 8.67. The largest absolute Gasteiger partial charge is 0.396 e. The van der Waals surface area contributed by atoms with Crippen LogP contribution in [0.25, 0.3) is 0 Å². The Bertz CT molecular complexity index is 336. The summed E-state index contributed by atoms with van der Waals surface area (Å²) >= 11 is 0. The number of rotatable bonds is 9. The molecule has 0 spiro atoms. The fourth-order valence-electron chi connectivity index (χ4n) is 1.95. The number of nitrogens with zero attached hydrogens (tertiary/aromatic N) is 3. The van der Waals surface area contributed by atoms with E-state index in [2.05, 4.69) is 14.9 Å². The quantitative estimate of drug-likeness (QED) is 0.649. The van der Waals surface area contributed by atoms with Gasteiger partial charge in [-0.25, -0.2) is 4.98 Å². The molecule has 104 valence electrons. The molecule has 0 saturated heterocycles. The standard InChI is InChI=1S/C13H26N4O/c1-16(2)13-15-11-12(17(13)3)10-14-8-6-4-5-7-9-18/h11,14,18H,4-10H2,1-3H3. The third-order valence-corrected chi connectivity index (χ3v) is 3.03. The smallest absolute Gasteiger partial charge is 0.204 e. The van der Waals surface area contributed by atoms with Crippen molar-refractivity contribution in [1.29, 1.82) is 0 Å². The van der Waals surface area contributed by atoms with E-state index in [1.54, 1.807) is 0 Å². The molecule has 1 heterocycles. The van der Waals surface area contributed by atoms with E-state index in [0.29, 0.717) is 6.61 Å². The molecule has 5 heteroatoms. The van der Waals surface area contributed by atoms with E-state index < -0.39 is 0 Å². The molecule has 0 bridgehead atoms. The van der Waals surface area contributed by atoms with Crippen LogP contribution in [-0.2, 0) is 13.6 Å². The summed E-state index contributed by atoms with van der Waals surface area (Å²) in [4.78, 5) is 6.39. The summed E-state index contributed by atoms with van der Waals surface area (Å²) in [6, 6.07) is 0. The SMILES string of the molecule is CN(C)c1ncc(CNCCCCCCO)n1C. The number of unbranched alkanes of at least 4 members (excludes halogenated alkanes) is 3. The first-order valence-electron chi connectivity index (χ1n) is 6.66. The van der Waals surface area contributed by atoms with Gasteiger partial charge in [0.15, 0.2) is 0 Å². The Hall–Kier alpha value is -1.07. The summed E-state index contributed by atoms with van der Waals surface area (Å²) in [6.07, 6.45) is 6.32. The third kappa shape index (κ3) is 4.66. The first-order valence-corrected chi connectivity index (χ1v) is 6.66. The van der Waals surface area contributed by atoms with Crippen molar-refractivity contribution in [3.8, 4) is 0 Å². The number of aromatic nitrogens is 2. The summed E-state index contributed by atoms with van der Waals surface area (Å²) in [5.41, 5.74) is 1.20. The van der Waals surface area contributed by atoms with Crippen molar-refractivity contribution in [2.75, 3.05) is 32.1 Å². The monoisotopic (exact) mass is 254 g/mol. The van der Waals surface area contributed by atoms with Gasteiger partial charge in [-0.05, 0) is 19.4 Å². The molecule has 1 rings (SSSR count). The highest BCUT2D eigenvalue weighted by Crippen LogP contribution is 2.10. The molecule has 0 fully saturated rings. The van der Waals surface area contributed by atoms with Gasteiger partial charge in [0.2, 0.25) is 5.95 Å². The molecule has 1 aromatic rings. The van der Waals surface area contributed by atoms with Gasteiger partial charge in [0.25, 0.3) is 0 Å². The van der Waals surface area contributed by atoms with Crippen LogP contribution in [0.1, 0.15) is 31.4 Å². The molecule has 1 aromatic heterocycles. The van der Waals surface area contributed by atoms with Gasteiger partial charge in [-0.2, -0.15) is 0 Å². The molecule has 2 N–H and O–H groups in total. The Labute approximate surface area is 110 Å². The first-order chi connectivity index (χ1) is 8.66. The fraction of sp³-hybridized carbons (Fsp3) is 0.769. The molecule has 0 unspecified atom stereocenters. The number of aliphatic hydroxyl groups excluding tert-OH is 1. The molecule has 0 atom stereocenters. The topological polar surface area (TPSA) is 53.3 Å². The average molecular weight is 254 g/mol. The number of anilines is 1. The van der Waals surface area contributed by atoms with Gasteiger partial charge in [0.05, 0.1) is 11.9 Å². The fourth-order valence-corrected chi connectivity index (χ4v) is 1.95. The highest BCUT2D eigenvalue weighted by Gasteiger charge is 2.06. The minimum Gasteiger partial charge on any atom is -0.396 e. The zero-order valence-electron chi connectivity index (χ0n) is 11.8. The molecular weight excluding hydrogens is 228 g/mol. The van der Waals surface area contributed by atoms with Crippen LogP contribution in [0.15, 0.2) is 6.20 Å². The Morgan fingerprint density at radius 3 is 2.61 bits per heavy atom. The minimum absolute atomic E-state index is 0.315. The van der Waals surface area contributed by atoms with Crippen molar-refractivity contribution in [2.24, 2.45) is 7.05 Å². The summed E-state index contributed by atoms with van der Waals surface area (Å²) in [5.74, 6) is 0.981. The second kappa shape index (κ2) is 8.11. The number of hydrogen-bond donors (Lipinski definition) is 2. The van der Waals surface area contributed by atoms with E-state index in [1.807, 2.05) is 32.2 Å². The van der Waals surface area contributed by atoms with Crippen LogP contribution in [0.2, 0.25) is 0 Å². The van der Waals surface area contributed by atoms with Crippen molar-refractivity contribution in [3.63, 3.8) is 0 Å². The van der Waals surface area contributed by atoms with Crippen molar-refractivity contribution < 1.29 is 5.11 Å². The molecule has 18 heavy (non-hydrogen) atoms. The lowest BCUT2D eigenvalue weighted by Crippen LogP contribution is -2.19. The lowest BCUT2D eigenvalue weighted by Gasteiger charge is -2.12. The van der Waals surface area contributed by atoms with Crippen LogP contribution in [-0.4, -0.2) is 41.9 Å². The normalized spacial score (nSPS) is 10.9. The minimum atomic E-state index is 0.315. The summed E-state index contributed by atoms with van der Waals surface area (Å²) < 4.78 is 2.11. The highest BCUT2D eigenvalue weighted by atomic mass is 16.2. The zero-order chi connectivity index (χ0) is 13.4. The van der Waals surface area contributed by atoms with Gasteiger partial charge >= 0.3 is 0 Å². The van der Waals surface area contributed by atoms with Gasteiger partial charge < -0.3 is 19.9 Å². The van der Waals surface area contributed by atoms with E-state index in [1.165, 1.54) is 18.5 Å². The summed E-state index contributed by atoms with van der Waals surface area (Å²) in [6.45, 7) is 2.20. The summed E-state index contributed by atoms with van der Waals surface area (Å²) in [7, 11) is 6.04. The van der Waals surface area contributed by atoms with Gasteiger partial charge in [-0.3, -0.25) is 0 Å². The van der Waals surface area contributed by atoms with Crippen LogP contribution in [0.4, 0.5) is 5.95 Å². The highest BCUT2D eigenvalue weighted by molar-refractivity contribution is 5.30. The molecule has 0 aliphatic heterocycles. The number of hydrogen-bond acceptors (Lipinski definition) is 4. The third-order valence-electron chi connectivity index (χ3n) is 3.03. The Morgan fingerprint density at radius 1 is 1.28 bits per heavy atom. The van der Waals surface area contributed by atoms with Crippen molar-refractivity contribution in [2.45, 2.75) is 32.2 Å². The zero-order valence-corrected chi connectivity index (χ0v) is 11.8. The van der Waals surface area contributed by atoms with Crippen molar-refractivity contribution in [3.05, 3.63) is 11.9 Å². The van der Waals surface area contributed by atoms with Crippen LogP contribution in [0.3, 0.4) is 0 Å². The molecule has 5 nitrogen and oxygen atoms in total.